The number of hydrogen-bond donors (Lipinski definition) is 4. The Kier molecular flexibility index (Phi) is 5.82. The van der Waals surface area contributed by atoms with Gasteiger partial charge in [-0.3, -0.25) is 14.9 Å². The molecule has 0 heterocycles. The van der Waals surface area contributed by atoms with E-state index in [4.69, 9.17) is 10.2 Å². The third kappa shape index (κ3) is 5.15. The van der Waals surface area contributed by atoms with Crippen molar-refractivity contribution in [3.05, 3.63) is 0 Å². The third-order valence-corrected chi connectivity index (χ3v) is 1.36. The van der Waals surface area contributed by atoms with Crippen LogP contribution < -0.4 is 10.6 Å². The van der Waals surface area contributed by atoms with Crippen LogP contribution in [0.3, 0.4) is 0 Å². The number of aliphatic hydroxyl groups is 1. The molecule has 4 N–H and O–H groups in total. The summed E-state index contributed by atoms with van der Waals surface area (Å²) in [4.78, 5) is 21.2. The minimum atomic E-state index is -1.17. The smallest absolute Gasteiger partial charge is 0.323 e. The first-order valence-electron chi connectivity index (χ1n) is 3.95. The number of aliphatic hydroxyl groups excluding tert-OH is 1. The lowest BCUT2D eigenvalue weighted by molar-refractivity contribution is -0.140. The largest absolute Gasteiger partial charge is 0.480 e. The standard InChI is InChI=1S/C7H14N2O4/c1-2-8-6(11)3-9-5(4-10)7(12)13/h5,9-10H,2-4H2,1H3,(H,8,11)(H,12,13). The highest BCUT2D eigenvalue weighted by molar-refractivity contribution is 5.79. The molecule has 0 aliphatic heterocycles. The van der Waals surface area contributed by atoms with Crippen LogP contribution in [-0.2, 0) is 9.59 Å². The highest BCUT2D eigenvalue weighted by Gasteiger charge is 2.15. The van der Waals surface area contributed by atoms with Crippen LogP contribution in [-0.4, -0.2) is 47.8 Å². The first kappa shape index (κ1) is 11.9. The Bertz CT molecular complexity index is 183. The topological polar surface area (TPSA) is 98.7 Å². The molecule has 0 aromatic carbocycles. The SMILES string of the molecule is CCNC(=O)CNC(CO)C(=O)O. The van der Waals surface area contributed by atoms with Crippen molar-refractivity contribution in [2.75, 3.05) is 19.7 Å². The number of carbonyl (C=O) groups is 2. The van der Waals surface area contributed by atoms with Gasteiger partial charge in [-0.05, 0) is 6.92 Å². The van der Waals surface area contributed by atoms with Gasteiger partial charge in [-0.15, -0.1) is 0 Å². The summed E-state index contributed by atoms with van der Waals surface area (Å²) >= 11 is 0. The molecule has 0 aromatic rings. The van der Waals surface area contributed by atoms with Crippen LogP contribution in [0, 0.1) is 0 Å². The molecule has 1 amide bonds. The van der Waals surface area contributed by atoms with E-state index in [-0.39, 0.29) is 12.5 Å². The predicted molar refractivity (Wildman–Crippen MR) is 45.2 cm³/mol. The summed E-state index contributed by atoms with van der Waals surface area (Å²) in [6, 6.07) is -1.08. The number of carboxylic acids is 1. The minimum Gasteiger partial charge on any atom is -0.480 e. The van der Waals surface area contributed by atoms with Crippen LogP contribution in [0.15, 0.2) is 0 Å². The summed E-state index contributed by atoms with van der Waals surface area (Å²) in [5, 5.41) is 21.9. The Labute approximate surface area is 75.9 Å². The van der Waals surface area contributed by atoms with Gasteiger partial charge >= 0.3 is 5.97 Å². The van der Waals surface area contributed by atoms with E-state index in [9.17, 15) is 9.59 Å². The van der Waals surface area contributed by atoms with E-state index in [1.54, 1.807) is 6.92 Å². The van der Waals surface area contributed by atoms with Gasteiger partial charge in [0.25, 0.3) is 0 Å². The van der Waals surface area contributed by atoms with Crippen LogP contribution in [0.25, 0.3) is 0 Å². The molecule has 0 rings (SSSR count). The maximum Gasteiger partial charge on any atom is 0.323 e. The summed E-state index contributed by atoms with van der Waals surface area (Å²) in [5.74, 6) is -1.46. The van der Waals surface area contributed by atoms with Gasteiger partial charge in [0, 0.05) is 6.54 Å². The highest BCUT2D eigenvalue weighted by Crippen LogP contribution is 1.80. The van der Waals surface area contributed by atoms with E-state index < -0.39 is 18.6 Å². The van der Waals surface area contributed by atoms with Crippen molar-refractivity contribution in [1.82, 2.24) is 10.6 Å². The molecule has 0 saturated carbocycles. The Hall–Kier alpha value is -1.14. The van der Waals surface area contributed by atoms with Crippen molar-refractivity contribution in [3.8, 4) is 0 Å². The number of carbonyl (C=O) groups excluding carboxylic acids is 1. The molecule has 0 radical (unpaired) electrons. The molecule has 0 aliphatic rings. The quantitative estimate of drug-likeness (QED) is 0.394. The van der Waals surface area contributed by atoms with Crippen molar-refractivity contribution in [1.29, 1.82) is 0 Å². The molecule has 1 unspecified atom stereocenters. The number of rotatable bonds is 6. The van der Waals surface area contributed by atoms with Gasteiger partial charge < -0.3 is 15.5 Å². The number of likely N-dealkylation sites (N-methyl/N-ethyl adjacent to an activating group) is 1. The minimum absolute atomic E-state index is 0.106. The maximum atomic E-state index is 10.8. The lowest BCUT2D eigenvalue weighted by atomic mass is 10.3. The van der Waals surface area contributed by atoms with E-state index in [2.05, 4.69) is 10.6 Å². The number of aliphatic carboxylic acids is 1. The molecular weight excluding hydrogens is 176 g/mol. The fourth-order valence-electron chi connectivity index (χ4n) is 0.706. The average Bonchev–Trinajstić information content (AvgIpc) is 2.05. The second-order valence-corrected chi connectivity index (χ2v) is 2.41. The van der Waals surface area contributed by atoms with Gasteiger partial charge in [-0.2, -0.15) is 0 Å². The fraction of sp³-hybridized carbons (Fsp3) is 0.714. The number of hydrogen-bond acceptors (Lipinski definition) is 4. The number of carboxylic acid groups (broad SMARTS) is 1. The second kappa shape index (κ2) is 6.38. The Morgan fingerprint density at radius 3 is 2.46 bits per heavy atom. The Morgan fingerprint density at radius 2 is 2.08 bits per heavy atom. The number of amides is 1. The number of nitrogens with one attached hydrogen (secondary N) is 2. The molecule has 0 saturated heterocycles. The summed E-state index contributed by atoms with van der Waals surface area (Å²) in [7, 11) is 0. The molecular formula is C7H14N2O4. The normalized spacial score (nSPS) is 12.2. The van der Waals surface area contributed by atoms with Crippen LogP contribution in [0.5, 0.6) is 0 Å². The van der Waals surface area contributed by atoms with E-state index >= 15 is 0 Å². The summed E-state index contributed by atoms with van der Waals surface area (Å²) in [6.45, 7) is 1.62. The molecule has 0 aliphatic carbocycles. The lowest BCUT2D eigenvalue weighted by Crippen LogP contribution is -2.45. The highest BCUT2D eigenvalue weighted by atomic mass is 16.4. The molecule has 6 nitrogen and oxygen atoms in total. The van der Waals surface area contributed by atoms with Crippen molar-refractivity contribution >= 4 is 11.9 Å². The van der Waals surface area contributed by atoms with Gasteiger partial charge in [-0.25, -0.2) is 0 Å². The second-order valence-electron chi connectivity index (χ2n) is 2.41. The molecule has 0 fully saturated rings. The lowest BCUT2D eigenvalue weighted by Gasteiger charge is -2.10. The van der Waals surface area contributed by atoms with Crippen LogP contribution >= 0.6 is 0 Å². The average molecular weight is 190 g/mol. The predicted octanol–water partition coefficient (Wildman–Crippen LogP) is -1.84. The van der Waals surface area contributed by atoms with E-state index in [0.717, 1.165) is 0 Å². The molecule has 13 heavy (non-hydrogen) atoms. The first-order valence-corrected chi connectivity index (χ1v) is 3.95. The van der Waals surface area contributed by atoms with Crippen LogP contribution in [0.1, 0.15) is 6.92 Å². The summed E-state index contributed by atoms with van der Waals surface area (Å²) in [6.07, 6.45) is 0. The zero-order valence-electron chi connectivity index (χ0n) is 7.41. The maximum absolute atomic E-state index is 10.8. The van der Waals surface area contributed by atoms with Gasteiger partial charge in [0.2, 0.25) is 5.91 Å². The Morgan fingerprint density at radius 1 is 1.46 bits per heavy atom. The van der Waals surface area contributed by atoms with Crippen molar-refractivity contribution in [2.24, 2.45) is 0 Å². The van der Waals surface area contributed by atoms with Crippen molar-refractivity contribution in [3.63, 3.8) is 0 Å². The molecule has 0 bridgehead atoms. The molecule has 1 atom stereocenters. The third-order valence-electron chi connectivity index (χ3n) is 1.36. The summed E-state index contributed by atoms with van der Waals surface area (Å²) < 4.78 is 0. The van der Waals surface area contributed by atoms with Gasteiger partial charge in [0.1, 0.15) is 6.04 Å². The monoisotopic (exact) mass is 190 g/mol. The van der Waals surface area contributed by atoms with Gasteiger partial charge in [-0.1, -0.05) is 0 Å². The van der Waals surface area contributed by atoms with E-state index in [0.29, 0.717) is 6.54 Å². The van der Waals surface area contributed by atoms with E-state index in [1.807, 2.05) is 0 Å². The van der Waals surface area contributed by atoms with Crippen LogP contribution in [0.2, 0.25) is 0 Å². The molecule has 6 heteroatoms. The van der Waals surface area contributed by atoms with Crippen molar-refractivity contribution < 1.29 is 19.8 Å². The van der Waals surface area contributed by atoms with Crippen molar-refractivity contribution in [2.45, 2.75) is 13.0 Å². The molecule has 0 aromatic heterocycles. The summed E-state index contributed by atoms with van der Waals surface area (Å²) in [5.41, 5.74) is 0. The van der Waals surface area contributed by atoms with Gasteiger partial charge in [0.15, 0.2) is 0 Å². The Balaban J connectivity index is 3.72. The zero-order chi connectivity index (χ0) is 10.3. The van der Waals surface area contributed by atoms with Crippen LogP contribution in [0.4, 0.5) is 0 Å². The molecule has 76 valence electrons. The zero-order valence-corrected chi connectivity index (χ0v) is 7.41. The van der Waals surface area contributed by atoms with Gasteiger partial charge in [0.05, 0.1) is 13.2 Å². The molecule has 0 spiro atoms. The fourth-order valence-corrected chi connectivity index (χ4v) is 0.706. The van der Waals surface area contributed by atoms with E-state index in [1.165, 1.54) is 0 Å². The first-order chi connectivity index (χ1) is 6.11.